The quantitative estimate of drug-likeness (QED) is 0.501. The standard InChI is InChI=1S/C9H10Cl2N4O2/c1-5(2)9(16)17-4-3-12-6-7(10)13-15-14-8(6)11/h1,3-4H2,2H3,(H,12,15). The molecule has 17 heavy (non-hydrogen) atoms. The molecule has 0 saturated heterocycles. The molecule has 0 aliphatic heterocycles. The van der Waals surface area contributed by atoms with E-state index in [4.69, 9.17) is 27.9 Å². The molecule has 1 heterocycles. The molecule has 1 N–H and O–H groups in total. The van der Waals surface area contributed by atoms with Crippen molar-refractivity contribution >= 4 is 34.9 Å². The van der Waals surface area contributed by atoms with Crippen LogP contribution < -0.4 is 5.32 Å². The predicted molar refractivity (Wildman–Crippen MR) is 64.1 cm³/mol. The molecule has 0 radical (unpaired) electrons. The van der Waals surface area contributed by atoms with Crippen LogP contribution in [0.3, 0.4) is 0 Å². The van der Waals surface area contributed by atoms with Crippen LogP contribution in [0.25, 0.3) is 0 Å². The molecule has 0 aromatic carbocycles. The molecule has 0 spiro atoms. The largest absolute Gasteiger partial charge is 0.460 e. The minimum Gasteiger partial charge on any atom is -0.460 e. The average molecular weight is 277 g/mol. The van der Waals surface area contributed by atoms with Gasteiger partial charge in [0.25, 0.3) is 0 Å². The maximum absolute atomic E-state index is 11.1. The summed E-state index contributed by atoms with van der Waals surface area (Å²) in [4.78, 5) is 11.1. The first-order valence-corrected chi connectivity index (χ1v) is 5.39. The van der Waals surface area contributed by atoms with Crippen molar-refractivity contribution in [3.05, 3.63) is 22.5 Å². The molecule has 0 fully saturated rings. The van der Waals surface area contributed by atoms with Gasteiger partial charge >= 0.3 is 5.97 Å². The second kappa shape index (κ2) is 6.36. The van der Waals surface area contributed by atoms with Gasteiger partial charge in [0.05, 0.1) is 0 Å². The number of carbonyl (C=O) groups is 1. The molecule has 0 unspecified atom stereocenters. The van der Waals surface area contributed by atoms with Gasteiger partial charge in [-0.15, -0.1) is 10.2 Å². The highest BCUT2D eigenvalue weighted by Crippen LogP contribution is 2.24. The lowest BCUT2D eigenvalue weighted by molar-refractivity contribution is -0.138. The highest BCUT2D eigenvalue weighted by Gasteiger charge is 2.09. The number of hydrogen-bond donors (Lipinski definition) is 1. The van der Waals surface area contributed by atoms with Gasteiger partial charge in [-0.25, -0.2) is 4.79 Å². The van der Waals surface area contributed by atoms with E-state index in [1.54, 1.807) is 6.92 Å². The number of nitrogens with one attached hydrogen (secondary N) is 1. The normalized spacial score (nSPS) is 9.82. The Kier molecular flexibility index (Phi) is 5.11. The van der Waals surface area contributed by atoms with E-state index in [9.17, 15) is 4.79 Å². The minimum atomic E-state index is -0.449. The Hall–Kier alpha value is -1.40. The third-order valence-electron chi connectivity index (χ3n) is 1.66. The van der Waals surface area contributed by atoms with Crippen LogP contribution in [0.15, 0.2) is 12.2 Å². The molecule has 92 valence electrons. The third-order valence-corrected chi connectivity index (χ3v) is 2.19. The fourth-order valence-electron chi connectivity index (χ4n) is 0.875. The van der Waals surface area contributed by atoms with Gasteiger partial charge in [0.2, 0.25) is 0 Å². The molecular weight excluding hydrogens is 267 g/mol. The van der Waals surface area contributed by atoms with Gasteiger partial charge in [-0.3, -0.25) is 0 Å². The number of aromatic nitrogens is 3. The second-order valence-corrected chi connectivity index (χ2v) is 3.81. The summed E-state index contributed by atoms with van der Waals surface area (Å²) in [5.74, 6) is -0.449. The zero-order valence-corrected chi connectivity index (χ0v) is 10.5. The van der Waals surface area contributed by atoms with Gasteiger partial charge in [-0.1, -0.05) is 29.8 Å². The predicted octanol–water partition coefficient (Wildman–Crippen LogP) is 1.71. The Balaban J connectivity index is 2.41. The van der Waals surface area contributed by atoms with Crippen LogP contribution >= 0.6 is 23.2 Å². The number of rotatable bonds is 5. The molecule has 1 aromatic heterocycles. The van der Waals surface area contributed by atoms with Gasteiger partial charge in [-0.2, -0.15) is 0 Å². The maximum atomic E-state index is 11.1. The lowest BCUT2D eigenvalue weighted by Gasteiger charge is -2.08. The van der Waals surface area contributed by atoms with Crippen LogP contribution in [-0.4, -0.2) is 34.5 Å². The summed E-state index contributed by atoms with van der Waals surface area (Å²) >= 11 is 11.5. The number of esters is 1. The fourth-order valence-corrected chi connectivity index (χ4v) is 1.30. The van der Waals surface area contributed by atoms with Crippen LogP contribution in [0.5, 0.6) is 0 Å². The maximum Gasteiger partial charge on any atom is 0.333 e. The highest BCUT2D eigenvalue weighted by atomic mass is 35.5. The van der Waals surface area contributed by atoms with Gasteiger partial charge < -0.3 is 10.1 Å². The van der Waals surface area contributed by atoms with Crippen molar-refractivity contribution in [3.63, 3.8) is 0 Å². The summed E-state index contributed by atoms with van der Waals surface area (Å²) in [5, 5.41) is 13.4. The first-order chi connectivity index (χ1) is 8.02. The summed E-state index contributed by atoms with van der Waals surface area (Å²) in [6.45, 7) is 5.50. The van der Waals surface area contributed by atoms with Gasteiger partial charge in [0.1, 0.15) is 12.3 Å². The molecule has 0 aliphatic carbocycles. The van der Waals surface area contributed by atoms with E-state index in [0.717, 1.165) is 0 Å². The SMILES string of the molecule is C=C(C)C(=O)OCCNc1c(Cl)nnnc1Cl. The first-order valence-electron chi connectivity index (χ1n) is 4.63. The number of nitrogens with zero attached hydrogens (tertiary/aromatic N) is 3. The zero-order valence-electron chi connectivity index (χ0n) is 9.04. The molecule has 0 bridgehead atoms. The molecule has 1 rings (SSSR count). The van der Waals surface area contributed by atoms with Gasteiger partial charge in [0.15, 0.2) is 10.3 Å². The van der Waals surface area contributed by atoms with Crippen LogP contribution in [0.1, 0.15) is 6.92 Å². The zero-order chi connectivity index (χ0) is 12.8. The van der Waals surface area contributed by atoms with E-state index in [1.165, 1.54) is 0 Å². The Labute approximate surface area is 108 Å². The molecule has 0 amide bonds. The fraction of sp³-hybridized carbons (Fsp3) is 0.333. The van der Waals surface area contributed by atoms with E-state index in [-0.39, 0.29) is 16.9 Å². The van der Waals surface area contributed by atoms with Crippen molar-refractivity contribution in [1.29, 1.82) is 0 Å². The van der Waals surface area contributed by atoms with E-state index in [0.29, 0.717) is 17.8 Å². The monoisotopic (exact) mass is 276 g/mol. The van der Waals surface area contributed by atoms with Crippen LogP contribution in [0.2, 0.25) is 10.3 Å². The highest BCUT2D eigenvalue weighted by molar-refractivity contribution is 6.37. The van der Waals surface area contributed by atoms with E-state index >= 15 is 0 Å². The van der Waals surface area contributed by atoms with Crippen LogP contribution in [0.4, 0.5) is 5.69 Å². The minimum absolute atomic E-state index is 0.108. The van der Waals surface area contributed by atoms with Crippen molar-refractivity contribution in [3.8, 4) is 0 Å². The van der Waals surface area contributed by atoms with Crippen LogP contribution in [-0.2, 0) is 9.53 Å². The second-order valence-electron chi connectivity index (χ2n) is 3.09. The van der Waals surface area contributed by atoms with E-state index in [1.807, 2.05) is 0 Å². The summed E-state index contributed by atoms with van der Waals surface area (Å²) < 4.78 is 4.86. The lowest BCUT2D eigenvalue weighted by Crippen LogP contribution is -2.15. The summed E-state index contributed by atoms with van der Waals surface area (Å²) in [6.07, 6.45) is 0. The van der Waals surface area contributed by atoms with Gasteiger partial charge in [0, 0.05) is 12.1 Å². The number of anilines is 1. The van der Waals surface area contributed by atoms with Crippen molar-refractivity contribution in [2.75, 3.05) is 18.5 Å². The third kappa shape index (κ3) is 4.16. The summed E-state index contributed by atoms with van der Waals surface area (Å²) in [6, 6.07) is 0. The van der Waals surface area contributed by atoms with Crippen molar-refractivity contribution in [2.45, 2.75) is 6.92 Å². The number of hydrogen-bond acceptors (Lipinski definition) is 6. The van der Waals surface area contributed by atoms with Crippen molar-refractivity contribution in [2.24, 2.45) is 0 Å². The first kappa shape index (κ1) is 13.7. The van der Waals surface area contributed by atoms with Crippen LogP contribution in [0, 0.1) is 0 Å². The Bertz CT molecular complexity index is 419. The Morgan fingerprint density at radius 1 is 1.41 bits per heavy atom. The topological polar surface area (TPSA) is 77.0 Å². The van der Waals surface area contributed by atoms with Crippen molar-refractivity contribution in [1.82, 2.24) is 15.4 Å². The molecule has 0 aliphatic rings. The molecular formula is C9H10Cl2N4O2. The van der Waals surface area contributed by atoms with E-state index in [2.05, 4.69) is 27.3 Å². The number of halogens is 2. The smallest absolute Gasteiger partial charge is 0.333 e. The van der Waals surface area contributed by atoms with Gasteiger partial charge in [-0.05, 0) is 12.1 Å². The Morgan fingerprint density at radius 2 is 2.00 bits per heavy atom. The number of ether oxygens (including phenoxy) is 1. The molecule has 0 saturated carbocycles. The van der Waals surface area contributed by atoms with E-state index < -0.39 is 5.97 Å². The van der Waals surface area contributed by atoms with Crippen molar-refractivity contribution < 1.29 is 9.53 Å². The summed E-state index contributed by atoms with van der Waals surface area (Å²) in [7, 11) is 0. The Morgan fingerprint density at radius 3 is 2.53 bits per heavy atom. The number of carbonyl (C=O) groups excluding carboxylic acids is 1. The summed E-state index contributed by atoms with van der Waals surface area (Å²) in [5.41, 5.74) is 0.697. The molecule has 1 aromatic rings. The lowest BCUT2D eigenvalue weighted by atomic mass is 10.4. The molecule has 6 nitrogen and oxygen atoms in total. The molecule has 8 heteroatoms. The molecule has 0 atom stereocenters. The average Bonchev–Trinajstić information content (AvgIpc) is 2.27.